The number of H-pyrrole nitrogens is 1. The van der Waals surface area contributed by atoms with E-state index in [1.54, 1.807) is 0 Å². The Balaban J connectivity index is 2.09. The minimum atomic E-state index is 0.227. The van der Waals surface area contributed by atoms with Crippen molar-refractivity contribution in [3.63, 3.8) is 0 Å². The molecule has 3 N–H and O–H groups in total. The summed E-state index contributed by atoms with van der Waals surface area (Å²) in [4.78, 5) is 0. The van der Waals surface area contributed by atoms with Crippen molar-refractivity contribution >= 4 is 0 Å². The number of nitrogens with zero attached hydrogens (tertiary/aromatic N) is 1. The predicted molar refractivity (Wildman–Crippen MR) is 61.8 cm³/mol. The molecule has 0 amide bonds. The van der Waals surface area contributed by atoms with Gasteiger partial charge in [-0.05, 0) is 31.7 Å². The van der Waals surface area contributed by atoms with Gasteiger partial charge in [-0.1, -0.05) is 19.3 Å². The average Bonchev–Trinajstić information content (AvgIpc) is 2.66. The number of hydrogen-bond acceptors (Lipinski definition) is 2. The minimum absolute atomic E-state index is 0.227. The molecule has 1 aromatic heterocycles. The number of hydrogen-bond donors (Lipinski definition) is 2. The summed E-state index contributed by atoms with van der Waals surface area (Å²) >= 11 is 0. The molecule has 1 unspecified atom stereocenters. The van der Waals surface area contributed by atoms with Crippen LogP contribution in [-0.2, 0) is 6.42 Å². The van der Waals surface area contributed by atoms with Crippen molar-refractivity contribution < 1.29 is 0 Å². The fraction of sp³-hybridized carbons (Fsp3) is 0.750. The largest absolute Gasteiger partial charge is 0.328 e. The molecule has 1 aromatic rings. The third-order valence-corrected chi connectivity index (χ3v) is 3.31. The van der Waals surface area contributed by atoms with E-state index in [2.05, 4.69) is 17.1 Å². The maximum atomic E-state index is 5.84. The van der Waals surface area contributed by atoms with E-state index >= 15 is 0 Å². The third-order valence-electron chi connectivity index (χ3n) is 3.31. The molecule has 3 heteroatoms. The molecule has 2 rings (SSSR count). The van der Waals surface area contributed by atoms with Gasteiger partial charge in [0.15, 0.2) is 0 Å². The highest BCUT2D eigenvalue weighted by atomic mass is 15.1. The Morgan fingerprint density at radius 3 is 2.87 bits per heavy atom. The van der Waals surface area contributed by atoms with Crippen LogP contribution in [0.15, 0.2) is 6.20 Å². The first kappa shape index (κ1) is 10.7. The summed E-state index contributed by atoms with van der Waals surface area (Å²) in [7, 11) is 0. The van der Waals surface area contributed by atoms with Crippen molar-refractivity contribution in [2.75, 3.05) is 0 Å². The Labute approximate surface area is 91.4 Å². The third kappa shape index (κ3) is 2.59. The summed E-state index contributed by atoms with van der Waals surface area (Å²) in [6.07, 6.45) is 9.65. The molecule has 0 aliphatic heterocycles. The van der Waals surface area contributed by atoms with E-state index in [0.29, 0.717) is 5.92 Å². The highest BCUT2D eigenvalue weighted by Gasteiger charge is 2.20. The van der Waals surface area contributed by atoms with Crippen LogP contribution in [0.2, 0.25) is 0 Å². The van der Waals surface area contributed by atoms with Crippen LogP contribution in [0.4, 0.5) is 0 Å². The molecule has 1 atom stereocenters. The van der Waals surface area contributed by atoms with Gasteiger partial charge in [-0.25, -0.2) is 0 Å². The maximum absolute atomic E-state index is 5.84. The maximum Gasteiger partial charge on any atom is 0.0522 e. The Kier molecular flexibility index (Phi) is 3.41. The first-order valence-electron chi connectivity index (χ1n) is 6.05. The molecule has 15 heavy (non-hydrogen) atoms. The zero-order chi connectivity index (χ0) is 10.7. The normalized spacial score (nSPS) is 20.4. The van der Waals surface area contributed by atoms with E-state index < -0.39 is 0 Å². The van der Waals surface area contributed by atoms with Crippen LogP contribution in [-0.4, -0.2) is 16.2 Å². The summed E-state index contributed by atoms with van der Waals surface area (Å²) in [6, 6.07) is 0.227. The lowest BCUT2D eigenvalue weighted by molar-refractivity contribution is 0.433. The zero-order valence-electron chi connectivity index (χ0n) is 9.50. The summed E-state index contributed by atoms with van der Waals surface area (Å²) in [5, 5.41) is 7.35. The lowest BCUT2D eigenvalue weighted by atomic mass is 9.85. The van der Waals surface area contributed by atoms with Crippen LogP contribution in [0.3, 0.4) is 0 Å². The van der Waals surface area contributed by atoms with Gasteiger partial charge in [-0.15, -0.1) is 0 Å². The lowest BCUT2D eigenvalue weighted by Crippen LogP contribution is -2.19. The molecule has 3 nitrogen and oxygen atoms in total. The molecule has 1 saturated carbocycles. The van der Waals surface area contributed by atoms with Gasteiger partial charge in [0.25, 0.3) is 0 Å². The van der Waals surface area contributed by atoms with Gasteiger partial charge >= 0.3 is 0 Å². The molecular weight excluding hydrogens is 186 g/mol. The number of aromatic nitrogens is 2. The van der Waals surface area contributed by atoms with Crippen LogP contribution >= 0.6 is 0 Å². The first-order valence-corrected chi connectivity index (χ1v) is 6.05. The second kappa shape index (κ2) is 4.79. The van der Waals surface area contributed by atoms with Crippen LogP contribution in [0.5, 0.6) is 0 Å². The van der Waals surface area contributed by atoms with Crippen molar-refractivity contribution in [1.29, 1.82) is 0 Å². The van der Waals surface area contributed by atoms with Gasteiger partial charge in [0, 0.05) is 17.7 Å². The Hall–Kier alpha value is -0.830. The summed E-state index contributed by atoms with van der Waals surface area (Å²) in [6.45, 7) is 2.05. The molecular formula is C12H21N3. The van der Waals surface area contributed by atoms with E-state index in [-0.39, 0.29) is 6.04 Å². The molecule has 0 aromatic carbocycles. The van der Waals surface area contributed by atoms with Gasteiger partial charge in [0.1, 0.15) is 0 Å². The van der Waals surface area contributed by atoms with Crippen molar-refractivity contribution in [3.05, 3.63) is 17.5 Å². The highest BCUT2D eigenvalue weighted by Crippen LogP contribution is 2.33. The Morgan fingerprint density at radius 2 is 2.20 bits per heavy atom. The molecule has 1 heterocycles. The fourth-order valence-electron chi connectivity index (χ4n) is 2.58. The average molecular weight is 207 g/mol. The van der Waals surface area contributed by atoms with E-state index in [9.17, 15) is 0 Å². The van der Waals surface area contributed by atoms with Crippen molar-refractivity contribution in [2.24, 2.45) is 5.73 Å². The minimum Gasteiger partial charge on any atom is -0.328 e. The number of nitrogens with two attached hydrogens (primary N) is 1. The van der Waals surface area contributed by atoms with Crippen molar-refractivity contribution in [1.82, 2.24) is 10.2 Å². The van der Waals surface area contributed by atoms with Gasteiger partial charge < -0.3 is 5.73 Å². The smallest absolute Gasteiger partial charge is 0.0522 e. The van der Waals surface area contributed by atoms with Crippen LogP contribution in [0.1, 0.15) is 56.2 Å². The van der Waals surface area contributed by atoms with Crippen molar-refractivity contribution in [2.45, 2.75) is 57.4 Å². The number of rotatable bonds is 3. The Bertz CT molecular complexity index is 298. The highest BCUT2D eigenvalue weighted by molar-refractivity contribution is 5.21. The molecule has 84 valence electrons. The summed E-state index contributed by atoms with van der Waals surface area (Å²) < 4.78 is 0. The molecule has 0 radical (unpaired) electrons. The van der Waals surface area contributed by atoms with Crippen molar-refractivity contribution in [3.8, 4) is 0 Å². The molecule has 1 aliphatic rings. The first-order chi connectivity index (χ1) is 7.27. The molecule has 1 aliphatic carbocycles. The van der Waals surface area contributed by atoms with Gasteiger partial charge in [0.2, 0.25) is 0 Å². The van der Waals surface area contributed by atoms with E-state index in [1.165, 1.54) is 43.4 Å². The second-order valence-electron chi connectivity index (χ2n) is 4.83. The topological polar surface area (TPSA) is 54.7 Å². The van der Waals surface area contributed by atoms with Crippen LogP contribution < -0.4 is 5.73 Å². The van der Waals surface area contributed by atoms with Crippen LogP contribution in [0, 0.1) is 0 Å². The summed E-state index contributed by atoms with van der Waals surface area (Å²) in [5.41, 5.74) is 8.52. The summed E-state index contributed by atoms with van der Waals surface area (Å²) in [5.74, 6) is 0.704. The monoisotopic (exact) mass is 207 g/mol. The van der Waals surface area contributed by atoms with E-state index in [4.69, 9.17) is 5.73 Å². The zero-order valence-corrected chi connectivity index (χ0v) is 9.50. The lowest BCUT2D eigenvalue weighted by Gasteiger charge is -2.21. The predicted octanol–water partition coefficient (Wildman–Crippen LogP) is 2.35. The number of nitrogens with one attached hydrogen (secondary N) is 1. The van der Waals surface area contributed by atoms with Gasteiger partial charge in [-0.2, -0.15) is 5.10 Å². The fourth-order valence-corrected chi connectivity index (χ4v) is 2.58. The number of aromatic amines is 1. The SMILES string of the molecule is CC(N)Cc1cn[nH]c1C1CCCCC1. The van der Waals surface area contributed by atoms with E-state index in [0.717, 1.165) is 6.42 Å². The van der Waals surface area contributed by atoms with Crippen LogP contribution in [0.25, 0.3) is 0 Å². The Morgan fingerprint density at radius 1 is 1.47 bits per heavy atom. The van der Waals surface area contributed by atoms with Gasteiger partial charge in [-0.3, -0.25) is 5.10 Å². The standard InChI is InChI=1S/C12H21N3/c1-9(13)7-11-8-14-15-12(11)10-5-3-2-4-6-10/h8-10H,2-7,13H2,1H3,(H,14,15). The molecule has 0 spiro atoms. The quantitative estimate of drug-likeness (QED) is 0.799. The van der Waals surface area contributed by atoms with E-state index in [1.807, 2.05) is 6.20 Å². The second-order valence-corrected chi connectivity index (χ2v) is 4.83. The molecule has 1 fully saturated rings. The van der Waals surface area contributed by atoms with Gasteiger partial charge in [0.05, 0.1) is 6.20 Å². The molecule has 0 saturated heterocycles. The molecule has 0 bridgehead atoms.